The second kappa shape index (κ2) is 46.0. The quantitative estimate of drug-likeness (QED) is 0.123. The summed E-state index contributed by atoms with van der Waals surface area (Å²) in [5.41, 5.74) is 0. The Morgan fingerprint density at radius 1 is 0.216 bits per heavy atom. The molecule has 0 aromatic heterocycles. The van der Waals surface area contributed by atoms with Crippen LogP contribution in [0, 0.1) is 0 Å². The molecular weight excluding hydrogens is 1130 g/mol. The van der Waals surface area contributed by atoms with Crippen molar-refractivity contribution in [1.29, 1.82) is 0 Å². The first-order valence-electron chi connectivity index (χ1n) is 6.45. The van der Waals surface area contributed by atoms with Gasteiger partial charge in [0.1, 0.15) is 71.2 Å². The molecule has 0 bridgehead atoms. The largest absolute Gasteiger partial charge is 3.00 e. The van der Waals surface area contributed by atoms with Gasteiger partial charge in [-0.15, -0.1) is 0 Å². The van der Waals surface area contributed by atoms with E-state index in [4.69, 9.17) is 129 Å². The summed E-state index contributed by atoms with van der Waals surface area (Å²) in [6.45, 7) is 0. The van der Waals surface area contributed by atoms with Gasteiger partial charge in [-0.3, -0.25) is 0 Å². The van der Waals surface area contributed by atoms with Gasteiger partial charge in [-0.25, -0.2) is 37.8 Å². The smallest absolute Gasteiger partial charge is 0.786 e. The second-order valence-corrected chi connectivity index (χ2v) is 11.6. The number of hydrogen-bond acceptors (Lipinski definition) is 27. The fraction of sp³-hybridized carbons (Fsp3) is 0. The van der Waals surface area contributed by atoms with E-state index in [9.17, 15) is 37.8 Å². The minimum absolute atomic E-state index is 0. The summed E-state index contributed by atoms with van der Waals surface area (Å²) in [6.07, 6.45) is 0. The van der Waals surface area contributed by atoms with E-state index in [0.29, 0.717) is 0 Å². The van der Waals surface area contributed by atoms with Gasteiger partial charge in [0.25, 0.3) is 0 Å². The van der Waals surface area contributed by atoms with Crippen LogP contribution in [0.1, 0.15) is 0 Å². The molecule has 4 radical (unpaired) electrons. The monoisotopic (exact) mass is 1130 g/mol. The van der Waals surface area contributed by atoms with Crippen LogP contribution in [0.2, 0.25) is 0 Å². The average molecular weight is 1130 g/mol. The predicted octanol–water partition coefficient (Wildman–Crippen LogP) is -16.9. The van der Waals surface area contributed by atoms with Crippen molar-refractivity contribution < 1.29 is 298 Å². The second-order valence-electron chi connectivity index (χ2n) is 3.88. The summed E-state index contributed by atoms with van der Waals surface area (Å²) >= 11 is 0. The molecule has 0 atom stereocenters. The van der Waals surface area contributed by atoms with Crippen LogP contribution in [0.25, 0.3) is 0 Å². The molecule has 0 rings (SSSR count). The Morgan fingerprint density at radius 2 is 0.216 bits per heavy atom. The van der Waals surface area contributed by atoms with Crippen LogP contribution in [0.5, 0.6) is 0 Å². The topological polar surface area (TPSA) is 569 Å². The molecule has 0 fully saturated rings. The molecule has 0 amide bonds. The van der Waals surface area contributed by atoms with Gasteiger partial charge >= 0.3 is 93.8 Å². The zero-order chi connectivity index (χ0) is 40.5. The van der Waals surface area contributed by atoms with E-state index in [2.05, 4.69) is 0 Å². The van der Waals surface area contributed by atoms with Gasteiger partial charge in [0.2, 0.25) is 0 Å². The van der Waals surface area contributed by atoms with Crippen LogP contribution in [0.4, 0.5) is 37.8 Å². The molecule has 0 aliphatic carbocycles. The van der Waals surface area contributed by atoms with Crippen molar-refractivity contribution in [3.05, 3.63) is 0 Å². The van der Waals surface area contributed by atoms with Crippen molar-refractivity contribution in [2.24, 2.45) is 0 Å². The first-order valence-corrected chi connectivity index (χ1v) is 19.4. The van der Waals surface area contributed by atoms with Gasteiger partial charge < -0.3 is 129 Å². The molecule has 0 aliphatic rings. The van der Waals surface area contributed by atoms with E-state index >= 15 is 0 Å². The van der Waals surface area contributed by atoms with E-state index < -0.39 is 71.2 Å². The molecule has 0 spiro atoms. The number of rotatable bonds is 0. The molecule has 0 saturated heterocycles. The summed E-state index contributed by atoms with van der Waals surface area (Å²) < 4.78 is 167. The van der Waals surface area contributed by atoms with Crippen LogP contribution < -0.4 is 147 Å². The summed E-state index contributed by atoms with van der Waals surface area (Å²) in [5, 5.41) is 0. The molecule has 51 heavy (non-hydrogen) atoms. The van der Waals surface area contributed by atoms with Crippen molar-refractivity contribution >= 4 is 71.2 Å². The summed E-state index contributed by atoms with van der Waals surface area (Å²) in [6, 6.07) is 0. The molecule has 0 saturated carbocycles. The van der Waals surface area contributed by atoms with Crippen molar-refractivity contribution in [1.82, 2.24) is 0 Å². The van der Waals surface area contributed by atoms with Gasteiger partial charge in [-0.05, 0) is 0 Å². The molecule has 0 aromatic carbocycles. The van der Waals surface area contributed by atoms with Gasteiger partial charge in [0.05, 0.1) is 0 Å². The van der Waals surface area contributed by atoms with E-state index in [0.717, 1.165) is 0 Å². The molecule has 27 nitrogen and oxygen atoms in total. The van der Waals surface area contributed by atoms with E-state index in [1.807, 2.05) is 0 Å². The maximum absolute atomic E-state index is 10.1. The normalized spacial score (nSPS) is 10.4. The van der Waals surface area contributed by atoms with Crippen LogP contribution in [0.15, 0.2) is 0 Å². The van der Waals surface area contributed by atoms with Crippen LogP contribution in [0.3, 0.4) is 0 Å². The minimum atomic E-state index is -5.64. The van der Waals surface area contributed by atoms with Gasteiger partial charge in [0.15, 0.2) is 0 Å². The molecule has 0 N–H and O–H groups in total. The zero-order valence-corrected chi connectivity index (χ0v) is 39.6. The summed E-state index contributed by atoms with van der Waals surface area (Å²) in [5.74, 6) is 0. The first-order chi connectivity index (χ1) is 18.0. The first kappa shape index (κ1) is 101. The summed E-state index contributed by atoms with van der Waals surface area (Å²) in [4.78, 5) is 152. The van der Waals surface area contributed by atoms with E-state index in [-0.39, 0.29) is 131 Å². The molecule has 0 aliphatic heterocycles. The predicted molar refractivity (Wildman–Crippen MR) is 78.4 cm³/mol. The SMILES string of the molecule is O=P([O-])([O-])F.O=P([O-])([O-])F.O=P([O-])([O-])F.O=P([O-])([O-])F.O=P([O-])([O-])F.O=P([O-])([O-])F.O=P([O-])([O-])F.O=P([O-])([O-])F.O=P([O-])([O-])F.[Cr+3].[Cr+3].[Na+].[Na+].[V].[V]. The van der Waals surface area contributed by atoms with Gasteiger partial charge in [0, 0.05) is 37.1 Å². The van der Waals surface area contributed by atoms with Crippen molar-refractivity contribution in [2.45, 2.75) is 0 Å². The van der Waals surface area contributed by atoms with Crippen molar-refractivity contribution in [2.75, 3.05) is 0 Å². The maximum atomic E-state index is 10.1. The van der Waals surface area contributed by atoms with Crippen molar-refractivity contribution in [3.63, 3.8) is 0 Å². The van der Waals surface area contributed by atoms with Crippen molar-refractivity contribution in [3.8, 4) is 0 Å². The Kier molecular flexibility index (Phi) is 90.9. The van der Waals surface area contributed by atoms with Crippen LogP contribution >= 0.6 is 71.2 Å². The molecule has 304 valence electrons. The number of halogens is 9. The van der Waals surface area contributed by atoms with E-state index in [1.54, 1.807) is 0 Å². The van der Waals surface area contributed by atoms with E-state index in [1.165, 1.54) is 0 Å². The maximum Gasteiger partial charge on any atom is 3.00 e. The van der Waals surface area contributed by atoms with Gasteiger partial charge in [-0.1, -0.05) is 0 Å². The third-order valence-corrected chi connectivity index (χ3v) is 0. The Labute approximate surface area is 365 Å². The molecule has 0 unspecified atom stereocenters. The summed E-state index contributed by atoms with van der Waals surface area (Å²) in [7, 11) is -50.8. The molecule has 0 aromatic rings. The van der Waals surface area contributed by atoms with Crippen LogP contribution in [-0.2, 0) is 113 Å². The fourth-order valence-corrected chi connectivity index (χ4v) is 0. The fourth-order valence-electron chi connectivity index (χ4n) is 0. The third-order valence-electron chi connectivity index (χ3n) is 0. The molecule has 51 heteroatoms. The Bertz CT molecular complexity index is 799. The molecule has 0 heterocycles. The Balaban J connectivity index is -0.0000000217. The molecular formula is Cr2F9Na2O27P9V2-10. The number of hydrogen-bond donors (Lipinski definition) is 0. The third kappa shape index (κ3) is 6280. The Hall–Kier alpha value is 4.95. The minimum Gasteiger partial charge on any atom is -0.786 e. The van der Waals surface area contributed by atoms with Gasteiger partial charge in [-0.2, -0.15) is 0 Å². The van der Waals surface area contributed by atoms with Crippen LogP contribution in [-0.4, -0.2) is 0 Å². The average Bonchev–Trinajstić information content (AvgIpc) is 2.26. The standard InChI is InChI=1S/2Cr.9FH2O3P.2Na.2V/c;;9*1-5(2,3)4;;;;/h;;9*(H2,2,3,4);;;;/q2*+3;;;;;;;;;;2*+1;;/p-18. The Morgan fingerprint density at radius 3 is 0.216 bits per heavy atom. The zero-order valence-electron chi connectivity index (χ0n) is 22.2.